The summed E-state index contributed by atoms with van der Waals surface area (Å²) in [5, 5.41) is 2.86. The van der Waals surface area contributed by atoms with Crippen molar-refractivity contribution in [3.63, 3.8) is 0 Å². The van der Waals surface area contributed by atoms with Crippen molar-refractivity contribution in [2.75, 3.05) is 6.54 Å². The monoisotopic (exact) mass is 234 g/mol. The highest BCUT2D eigenvalue weighted by Crippen LogP contribution is 2.19. The quantitative estimate of drug-likeness (QED) is 0.839. The number of nitrogens with one attached hydrogen (secondary N) is 1. The first-order chi connectivity index (χ1) is 7.88. The van der Waals surface area contributed by atoms with Crippen LogP contribution in [-0.4, -0.2) is 18.5 Å². The Kier molecular flexibility index (Phi) is 4.70. The number of benzene rings is 1. The average Bonchev–Trinajstić information content (AvgIpc) is 2.25. The zero-order valence-corrected chi connectivity index (χ0v) is 10.9. The van der Waals surface area contributed by atoms with E-state index in [0.717, 1.165) is 6.42 Å². The van der Waals surface area contributed by atoms with Crippen LogP contribution < -0.4 is 11.1 Å². The van der Waals surface area contributed by atoms with Crippen molar-refractivity contribution in [1.82, 2.24) is 5.32 Å². The lowest BCUT2D eigenvalue weighted by atomic mass is 9.88. The highest BCUT2D eigenvalue weighted by atomic mass is 16.1. The molecule has 0 saturated carbocycles. The maximum Gasteiger partial charge on any atom is 0.251 e. The van der Waals surface area contributed by atoms with Crippen LogP contribution in [0.1, 0.15) is 37.6 Å². The van der Waals surface area contributed by atoms with Crippen molar-refractivity contribution < 1.29 is 4.79 Å². The van der Waals surface area contributed by atoms with Crippen LogP contribution in [0, 0.1) is 5.41 Å². The normalized spacial score (nSPS) is 13.2. The van der Waals surface area contributed by atoms with Gasteiger partial charge in [0, 0.05) is 18.2 Å². The Morgan fingerprint density at radius 2 is 1.88 bits per heavy atom. The first kappa shape index (κ1) is 13.7. The number of nitrogens with two attached hydrogens (primary N) is 1. The van der Waals surface area contributed by atoms with Gasteiger partial charge in [0.05, 0.1) is 0 Å². The lowest BCUT2D eigenvalue weighted by Crippen LogP contribution is -2.39. The molecule has 1 aromatic rings. The van der Waals surface area contributed by atoms with Gasteiger partial charge in [0.1, 0.15) is 0 Å². The molecule has 0 radical (unpaired) electrons. The lowest BCUT2D eigenvalue weighted by molar-refractivity contribution is 0.0948. The van der Waals surface area contributed by atoms with Crippen LogP contribution in [0.2, 0.25) is 0 Å². The van der Waals surface area contributed by atoms with Gasteiger partial charge in [0.25, 0.3) is 5.91 Å². The van der Waals surface area contributed by atoms with Crippen LogP contribution in [-0.2, 0) is 0 Å². The number of amides is 1. The highest BCUT2D eigenvalue weighted by Gasteiger charge is 2.16. The van der Waals surface area contributed by atoms with E-state index in [2.05, 4.69) is 26.1 Å². The fraction of sp³-hybridized carbons (Fsp3) is 0.500. The molecule has 3 heteroatoms. The molecule has 1 rings (SSSR count). The van der Waals surface area contributed by atoms with E-state index < -0.39 is 0 Å². The summed E-state index contributed by atoms with van der Waals surface area (Å²) >= 11 is 0. The van der Waals surface area contributed by atoms with Crippen molar-refractivity contribution in [3.05, 3.63) is 35.9 Å². The van der Waals surface area contributed by atoms with E-state index in [1.165, 1.54) is 0 Å². The number of carbonyl (C=O) groups excluding carboxylic acids is 1. The van der Waals surface area contributed by atoms with Crippen LogP contribution in [0.25, 0.3) is 0 Å². The van der Waals surface area contributed by atoms with Crippen LogP contribution >= 0.6 is 0 Å². The Hall–Kier alpha value is -1.35. The summed E-state index contributed by atoms with van der Waals surface area (Å²) in [5.74, 6) is -0.0602. The van der Waals surface area contributed by atoms with Crippen LogP contribution in [0.15, 0.2) is 30.3 Å². The summed E-state index contributed by atoms with van der Waals surface area (Å²) in [6.07, 6.45) is 0.891. The van der Waals surface area contributed by atoms with Gasteiger partial charge in [-0.05, 0) is 24.0 Å². The van der Waals surface area contributed by atoms with Crippen LogP contribution in [0.3, 0.4) is 0 Å². The molecule has 17 heavy (non-hydrogen) atoms. The molecule has 0 aromatic heterocycles. The second-order valence-corrected chi connectivity index (χ2v) is 5.60. The smallest absolute Gasteiger partial charge is 0.251 e. The molecular weight excluding hydrogens is 212 g/mol. The third-order valence-electron chi connectivity index (χ3n) is 2.44. The molecule has 1 aromatic carbocycles. The predicted octanol–water partition coefficient (Wildman–Crippen LogP) is 2.18. The van der Waals surface area contributed by atoms with E-state index in [4.69, 9.17) is 5.73 Å². The van der Waals surface area contributed by atoms with Crippen molar-refractivity contribution in [2.45, 2.75) is 33.2 Å². The first-order valence-electron chi connectivity index (χ1n) is 5.97. The highest BCUT2D eigenvalue weighted by molar-refractivity contribution is 5.94. The third-order valence-corrected chi connectivity index (χ3v) is 2.44. The average molecular weight is 234 g/mol. The molecule has 0 aliphatic carbocycles. The molecule has 0 bridgehead atoms. The molecule has 0 spiro atoms. The molecule has 94 valence electrons. The third kappa shape index (κ3) is 5.50. The zero-order valence-electron chi connectivity index (χ0n) is 10.9. The number of carbonyl (C=O) groups is 1. The summed E-state index contributed by atoms with van der Waals surface area (Å²) in [7, 11) is 0. The summed E-state index contributed by atoms with van der Waals surface area (Å²) in [4.78, 5) is 11.7. The molecule has 1 amide bonds. The second kappa shape index (κ2) is 5.82. The van der Waals surface area contributed by atoms with E-state index in [9.17, 15) is 4.79 Å². The van der Waals surface area contributed by atoms with Crippen LogP contribution in [0.4, 0.5) is 0 Å². The Morgan fingerprint density at radius 1 is 1.29 bits per heavy atom. The molecule has 3 nitrogen and oxygen atoms in total. The lowest BCUT2D eigenvalue weighted by Gasteiger charge is -2.23. The van der Waals surface area contributed by atoms with E-state index in [-0.39, 0.29) is 17.4 Å². The van der Waals surface area contributed by atoms with Gasteiger partial charge < -0.3 is 11.1 Å². The Labute approximate surface area is 103 Å². The van der Waals surface area contributed by atoms with Crippen molar-refractivity contribution in [2.24, 2.45) is 11.1 Å². The number of rotatable bonds is 4. The summed E-state index contributed by atoms with van der Waals surface area (Å²) in [6.45, 7) is 6.95. The second-order valence-electron chi connectivity index (χ2n) is 5.60. The molecule has 0 saturated heterocycles. The molecule has 1 unspecified atom stereocenters. The molecule has 0 heterocycles. The fourth-order valence-electron chi connectivity index (χ4n) is 1.77. The zero-order chi connectivity index (χ0) is 12.9. The summed E-state index contributed by atoms with van der Waals surface area (Å²) < 4.78 is 0. The number of hydrogen-bond donors (Lipinski definition) is 2. The molecule has 0 aliphatic rings. The van der Waals surface area contributed by atoms with E-state index in [1.807, 2.05) is 18.2 Å². The first-order valence-corrected chi connectivity index (χ1v) is 5.97. The van der Waals surface area contributed by atoms with Crippen LogP contribution in [0.5, 0.6) is 0 Å². The van der Waals surface area contributed by atoms with Crippen molar-refractivity contribution >= 4 is 5.91 Å². The largest absolute Gasteiger partial charge is 0.350 e. The van der Waals surface area contributed by atoms with Gasteiger partial charge in [-0.3, -0.25) is 4.79 Å². The molecule has 1 atom stereocenters. The van der Waals surface area contributed by atoms with Gasteiger partial charge in [-0.15, -0.1) is 0 Å². The predicted molar refractivity (Wildman–Crippen MR) is 70.8 cm³/mol. The Morgan fingerprint density at radius 3 is 2.41 bits per heavy atom. The van der Waals surface area contributed by atoms with Gasteiger partial charge in [0.15, 0.2) is 0 Å². The SMILES string of the molecule is CC(C)(C)CC(N)CNC(=O)c1ccccc1. The van der Waals surface area contributed by atoms with Gasteiger partial charge in [-0.1, -0.05) is 39.0 Å². The van der Waals surface area contributed by atoms with Gasteiger partial charge in [-0.2, -0.15) is 0 Å². The minimum absolute atomic E-state index is 0.00247. The van der Waals surface area contributed by atoms with Gasteiger partial charge in [-0.25, -0.2) is 0 Å². The number of hydrogen-bond acceptors (Lipinski definition) is 2. The van der Waals surface area contributed by atoms with Gasteiger partial charge in [0.2, 0.25) is 0 Å². The fourth-order valence-corrected chi connectivity index (χ4v) is 1.77. The molecule has 0 fully saturated rings. The van der Waals surface area contributed by atoms with Crippen molar-refractivity contribution in [3.8, 4) is 0 Å². The topological polar surface area (TPSA) is 55.1 Å². The standard InChI is InChI=1S/C14H22N2O/c1-14(2,3)9-12(15)10-16-13(17)11-7-5-4-6-8-11/h4-8,12H,9-10,15H2,1-3H3,(H,16,17). The van der Waals surface area contributed by atoms with E-state index >= 15 is 0 Å². The molecular formula is C14H22N2O. The summed E-state index contributed by atoms with van der Waals surface area (Å²) in [6, 6.07) is 9.19. The Balaban J connectivity index is 2.39. The van der Waals surface area contributed by atoms with E-state index in [1.54, 1.807) is 12.1 Å². The van der Waals surface area contributed by atoms with Crippen molar-refractivity contribution in [1.29, 1.82) is 0 Å². The molecule has 0 aliphatic heterocycles. The van der Waals surface area contributed by atoms with E-state index in [0.29, 0.717) is 12.1 Å². The van der Waals surface area contributed by atoms with Gasteiger partial charge >= 0.3 is 0 Å². The minimum atomic E-state index is -0.0602. The maximum absolute atomic E-state index is 11.7. The maximum atomic E-state index is 11.7. The Bertz CT molecular complexity index is 354. The molecule has 3 N–H and O–H groups in total. The minimum Gasteiger partial charge on any atom is -0.350 e. The summed E-state index contributed by atoms with van der Waals surface area (Å²) in [5.41, 5.74) is 6.84.